The van der Waals surface area contributed by atoms with E-state index in [-0.39, 0.29) is 11.0 Å². The van der Waals surface area contributed by atoms with E-state index in [0.717, 1.165) is 18.4 Å². The fourth-order valence-electron chi connectivity index (χ4n) is 3.75. The number of allylic oxidation sites excluding steroid dienone is 3. The molecule has 30 heavy (non-hydrogen) atoms. The van der Waals surface area contributed by atoms with Crippen LogP contribution in [0.4, 0.5) is 9.18 Å². The van der Waals surface area contributed by atoms with Gasteiger partial charge in [0.25, 0.3) is 0 Å². The van der Waals surface area contributed by atoms with Gasteiger partial charge in [-0.15, -0.1) is 0 Å². The first-order valence-corrected chi connectivity index (χ1v) is 10.5. The number of amides is 1. The Morgan fingerprint density at radius 3 is 2.60 bits per heavy atom. The molecule has 5 heteroatoms. The molecule has 1 aliphatic carbocycles. The molecule has 1 atom stereocenters. The molecule has 0 aromatic heterocycles. The number of carbonyl (C=O) groups excluding carboxylic acids is 2. The third-order valence-corrected chi connectivity index (χ3v) is 5.27. The van der Waals surface area contributed by atoms with Crippen molar-refractivity contribution in [3.05, 3.63) is 52.6 Å². The van der Waals surface area contributed by atoms with Crippen LogP contribution in [0.15, 0.2) is 41.5 Å². The fourth-order valence-corrected chi connectivity index (χ4v) is 3.75. The van der Waals surface area contributed by atoms with Crippen LogP contribution < -0.4 is 5.32 Å². The molecule has 1 amide bonds. The number of benzene rings is 1. The topological polar surface area (TPSA) is 55.4 Å². The van der Waals surface area contributed by atoms with E-state index in [2.05, 4.69) is 32.2 Å². The third-order valence-electron chi connectivity index (χ3n) is 5.27. The normalized spacial score (nSPS) is 17.7. The van der Waals surface area contributed by atoms with Crippen LogP contribution in [0, 0.1) is 5.41 Å². The zero-order valence-corrected chi connectivity index (χ0v) is 19.0. The Hall–Kier alpha value is -2.43. The first-order valence-electron chi connectivity index (χ1n) is 10.5. The van der Waals surface area contributed by atoms with Crippen LogP contribution in [-0.2, 0) is 4.74 Å². The van der Waals surface area contributed by atoms with Gasteiger partial charge in [0.05, 0.1) is 6.54 Å². The maximum atomic E-state index is 14.4. The molecule has 0 saturated heterocycles. The van der Waals surface area contributed by atoms with Gasteiger partial charge in [-0.3, -0.25) is 4.79 Å². The van der Waals surface area contributed by atoms with Crippen LogP contribution in [-0.4, -0.2) is 30.2 Å². The highest BCUT2D eigenvalue weighted by Crippen LogP contribution is 2.40. The van der Waals surface area contributed by atoms with Gasteiger partial charge < -0.3 is 10.1 Å². The second-order valence-corrected chi connectivity index (χ2v) is 9.60. The fraction of sp³-hybridized carbons (Fsp3) is 0.520. The summed E-state index contributed by atoms with van der Waals surface area (Å²) < 4.78 is 19.5. The number of ether oxygens (including phenoxy) is 1. The molecule has 164 valence electrons. The summed E-state index contributed by atoms with van der Waals surface area (Å²) in [6.07, 6.45) is 4.98. The molecule has 1 N–H and O–H groups in total. The maximum absolute atomic E-state index is 14.4. The SMILES string of the molecule is CC1=C(C=Cc2cccc(C(=O)C(F)CNC(=O)OC(C)(C)C)c2)C(C)(C)CCC1. The van der Waals surface area contributed by atoms with Gasteiger partial charge in [0.15, 0.2) is 12.0 Å². The monoisotopic (exact) mass is 415 g/mol. The number of halogens is 1. The lowest BCUT2D eigenvalue weighted by atomic mass is 9.72. The van der Waals surface area contributed by atoms with Crippen LogP contribution in [0.25, 0.3) is 6.08 Å². The van der Waals surface area contributed by atoms with Crippen molar-refractivity contribution in [2.24, 2.45) is 5.41 Å². The van der Waals surface area contributed by atoms with Crippen molar-refractivity contribution in [3.63, 3.8) is 0 Å². The zero-order valence-electron chi connectivity index (χ0n) is 19.0. The minimum absolute atomic E-state index is 0.129. The highest BCUT2D eigenvalue weighted by atomic mass is 19.1. The quantitative estimate of drug-likeness (QED) is 0.557. The predicted octanol–water partition coefficient (Wildman–Crippen LogP) is 6.27. The van der Waals surface area contributed by atoms with Crippen molar-refractivity contribution >= 4 is 18.0 Å². The van der Waals surface area contributed by atoms with Crippen molar-refractivity contribution in [1.82, 2.24) is 5.32 Å². The smallest absolute Gasteiger partial charge is 0.407 e. The van der Waals surface area contributed by atoms with Gasteiger partial charge in [-0.2, -0.15) is 0 Å². The number of alkyl carbamates (subject to hydrolysis) is 1. The number of carbonyl (C=O) groups is 2. The van der Waals surface area contributed by atoms with E-state index < -0.39 is 30.2 Å². The van der Waals surface area contributed by atoms with Crippen molar-refractivity contribution in [1.29, 1.82) is 0 Å². The molecule has 1 aromatic rings. The average Bonchev–Trinajstić information content (AvgIpc) is 2.63. The molecular formula is C25H34FNO3. The molecule has 0 radical (unpaired) electrons. The maximum Gasteiger partial charge on any atom is 0.407 e. The Kier molecular flexibility index (Phi) is 7.62. The van der Waals surface area contributed by atoms with Gasteiger partial charge in [0.2, 0.25) is 0 Å². The molecule has 1 aliphatic rings. The second-order valence-electron chi connectivity index (χ2n) is 9.60. The van der Waals surface area contributed by atoms with Crippen molar-refractivity contribution < 1.29 is 18.7 Å². The van der Waals surface area contributed by atoms with Crippen LogP contribution >= 0.6 is 0 Å². The summed E-state index contributed by atoms with van der Waals surface area (Å²) in [6.45, 7) is 11.4. The highest BCUT2D eigenvalue weighted by molar-refractivity contribution is 6.00. The number of rotatable bonds is 6. The number of ketones is 1. The van der Waals surface area contributed by atoms with Gasteiger partial charge in [-0.25, -0.2) is 9.18 Å². The summed E-state index contributed by atoms with van der Waals surface area (Å²) >= 11 is 0. The minimum atomic E-state index is -1.83. The first kappa shape index (κ1) is 23.8. The van der Waals surface area contributed by atoms with Gasteiger partial charge >= 0.3 is 6.09 Å². The molecule has 0 aliphatic heterocycles. The van der Waals surface area contributed by atoms with Crippen LogP contribution in [0.5, 0.6) is 0 Å². The zero-order chi connectivity index (χ0) is 22.5. The number of hydrogen-bond acceptors (Lipinski definition) is 3. The standard InChI is InChI=1S/C25H34FNO3/c1-17-9-8-14-25(5,6)20(17)13-12-18-10-7-11-19(15-18)22(28)21(26)16-27-23(29)30-24(2,3)4/h7,10-13,15,21H,8-9,14,16H2,1-6H3,(H,27,29). The van der Waals surface area contributed by atoms with E-state index in [1.54, 1.807) is 39.0 Å². The first-order chi connectivity index (χ1) is 13.9. The number of alkyl halides is 1. The number of nitrogens with one attached hydrogen (secondary N) is 1. The Morgan fingerprint density at radius 2 is 1.97 bits per heavy atom. The molecule has 0 spiro atoms. The van der Waals surface area contributed by atoms with Crippen molar-refractivity contribution in [3.8, 4) is 0 Å². The van der Waals surface area contributed by atoms with Crippen LogP contribution in [0.3, 0.4) is 0 Å². The Labute approximate surface area is 179 Å². The summed E-state index contributed by atoms with van der Waals surface area (Å²) in [7, 11) is 0. The molecule has 1 aromatic carbocycles. The second kappa shape index (κ2) is 9.59. The minimum Gasteiger partial charge on any atom is -0.444 e. The summed E-state index contributed by atoms with van der Waals surface area (Å²) in [5.41, 5.74) is 3.30. The molecule has 1 unspecified atom stereocenters. The van der Waals surface area contributed by atoms with E-state index in [9.17, 15) is 14.0 Å². The Balaban J connectivity index is 2.05. The summed E-state index contributed by atoms with van der Waals surface area (Å²) in [5, 5.41) is 2.31. The predicted molar refractivity (Wildman–Crippen MR) is 119 cm³/mol. The summed E-state index contributed by atoms with van der Waals surface area (Å²) in [5.74, 6) is -0.658. The highest BCUT2D eigenvalue weighted by Gasteiger charge is 2.26. The molecule has 2 rings (SSSR count). The Morgan fingerprint density at radius 1 is 1.27 bits per heavy atom. The van der Waals surface area contributed by atoms with Gasteiger partial charge in [-0.05, 0) is 69.6 Å². The van der Waals surface area contributed by atoms with E-state index in [4.69, 9.17) is 4.74 Å². The summed E-state index contributed by atoms with van der Waals surface area (Å²) in [4.78, 5) is 24.1. The van der Waals surface area contributed by atoms with Crippen molar-refractivity contribution in [2.75, 3.05) is 6.54 Å². The number of hydrogen-bond donors (Lipinski definition) is 1. The molecule has 0 fully saturated rings. The summed E-state index contributed by atoms with van der Waals surface area (Å²) in [6, 6.07) is 6.92. The van der Waals surface area contributed by atoms with E-state index >= 15 is 0 Å². The van der Waals surface area contributed by atoms with Gasteiger partial charge in [0.1, 0.15) is 5.60 Å². The average molecular weight is 416 g/mol. The van der Waals surface area contributed by atoms with Gasteiger partial charge in [0, 0.05) is 5.56 Å². The lowest BCUT2D eigenvalue weighted by molar-refractivity contribution is 0.0512. The molecule has 0 heterocycles. The van der Waals surface area contributed by atoms with Crippen molar-refractivity contribution in [2.45, 2.75) is 72.6 Å². The molecule has 4 nitrogen and oxygen atoms in total. The largest absolute Gasteiger partial charge is 0.444 e. The number of Topliss-reactive ketones (excluding diaryl/α,β-unsaturated/α-hetero) is 1. The van der Waals surface area contributed by atoms with E-state index in [0.29, 0.717) is 0 Å². The van der Waals surface area contributed by atoms with E-state index in [1.165, 1.54) is 17.6 Å². The lowest BCUT2D eigenvalue weighted by Crippen LogP contribution is -2.38. The molecule has 0 bridgehead atoms. The third kappa shape index (κ3) is 6.82. The molecule has 0 saturated carbocycles. The Bertz CT molecular complexity index is 846. The molecular weight excluding hydrogens is 381 g/mol. The van der Waals surface area contributed by atoms with Gasteiger partial charge in [-0.1, -0.05) is 49.8 Å². The van der Waals surface area contributed by atoms with Crippen LogP contribution in [0.1, 0.15) is 76.7 Å². The van der Waals surface area contributed by atoms with Crippen LogP contribution in [0.2, 0.25) is 0 Å². The lowest BCUT2D eigenvalue weighted by Gasteiger charge is -2.32. The van der Waals surface area contributed by atoms with E-state index in [1.807, 2.05) is 12.1 Å².